The van der Waals surface area contributed by atoms with Crippen molar-refractivity contribution in [2.24, 2.45) is 5.41 Å². The lowest BCUT2D eigenvalue weighted by molar-refractivity contribution is -0.143. The summed E-state index contributed by atoms with van der Waals surface area (Å²) in [4.78, 5) is 24.4. The summed E-state index contributed by atoms with van der Waals surface area (Å²) in [7, 11) is 0. The van der Waals surface area contributed by atoms with Crippen LogP contribution in [-0.4, -0.2) is 18.5 Å². The van der Waals surface area contributed by atoms with Crippen molar-refractivity contribution in [3.63, 3.8) is 0 Å². The van der Waals surface area contributed by atoms with Gasteiger partial charge in [0.1, 0.15) is 18.1 Å². The molecule has 0 aromatic heterocycles. The molecule has 0 aliphatic rings. The molecule has 0 N–H and O–H groups in total. The van der Waals surface area contributed by atoms with Gasteiger partial charge in [0.05, 0.1) is 17.6 Å². The summed E-state index contributed by atoms with van der Waals surface area (Å²) in [6.07, 6.45) is 1.21. The third-order valence-corrected chi connectivity index (χ3v) is 4.93. The van der Waals surface area contributed by atoms with Gasteiger partial charge in [0.2, 0.25) is 0 Å². The number of hydrogen-bond donors (Lipinski definition) is 0. The molecule has 0 atom stereocenters. The van der Waals surface area contributed by atoms with Gasteiger partial charge in [-0.25, -0.2) is 4.79 Å². The van der Waals surface area contributed by atoms with E-state index in [1.807, 2.05) is 69.3 Å². The smallest absolute Gasteiger partial charge is 0.338 e. The SMILES string of the molecule is CC(C)(C)C(=O)Oc1ccc(OCc2ccccc2)c(CCCOC(=O)c2ccccc2)c1. The molecule has 5 nitrogen and oxygen atoms in total. The molecule has 0 amide bonds. The molecule has 0 saturated carbocycles. The first-order chi connectivity index (χ1) is 15.8. The summed E-state index contributed by atoms with van der Waals surface area (Å²) in [5, 5.41) is 0. The normalized spacial score (nSPS) is 11.0. The number of carbonyl (C=O) groups is 2. The van der Waals surface area contributed by atoms with Crippen molar-refractivity contribution in [2.45, 2.75) is 40.2 Å². The highest BCUT2D eigenvalue weighted by Crippen LogP contribution is 2.28. The van der Waals surface area contributed by atoms with Crippen molar-refractivity contribution in [2.75, 3.05) is 6.61 Å². The number of benzene rings is 3. The molecule has 0 radical (unpaired) electrons. The van der Waals surface area contributed by atoms with Crippen LogP contribution < -0.4 is 9.47 Å². The molecular formula is C28H30O5. The van der Waals surface area contributed by atoms with Crippen LogP contribution in [0.1, 0.15) is 48.7 Å². The summed E-state index contributed by atoms with van der Waals surface area (Å²) in [6, 6.07) is 24.2. The second kappa shape index (κ2) is 11.3. The summed E-state index contributed by atoms with van der Waals surface area (Å²) < 4.78 is 17.0. The standard InChI is InChI=1S/C28H30O5/c1-28(2,3)27(30)33-24-16-17-25(32-20-21-11-6-4-7-12-21)23(19-24)15-10-18-31-26(29)22-13-8-5-9-14-22/h4-9,11-14,16-17,19H,10,15,18,20H2,1-3H3. The van der Waals surface area contributed by atoms with Crippen LogP contribution in [0.5, 0.6) is 11.5 Å². The van der Waals surface area contributed by atoms with Crippen LogP contribution in [0.25, 0.3) is 0 Å². The van der Waals surface area contributed by atoms with Crippen LogP contribution in [0.4, 0.5) is 0 Å². The quantitative estimate of drug-likeness (QED) is 0.229. The molecular weight excluding hydrogens is 416 g/mol. The molecule has 0 heterocycles. The number of esters is 2. The Balaban J connectivity index is 1.66. The summed E-state index contributed by atoms with van der Waals surface area (Å²) in [6.45, 7) is 6.15. The van der Waals surface area contributed by atoms with Gasteiger partial charge in [-0.1, -0.05) is 48.5 Å². The third kappa shape index (κ3) is 7.49. The van der Waals surface area contributed by atoms with Crippen LogP contribution in [0.15, 0.2) is 78.9 Å². The largest absolute Gasteiger partial charge is 0.489 e. The van der Waals surface area contributed by atoms with Crippen LogP contribution in [0, 0.1) is 5.41 Å². The van der Waals surface area contributed by atoms with Crippen molar-refractivity contribution >= 4 is 11.9 Å². The van der Waals surface area contributed by atoms with E-state index in [4.69, 9.17) is 14.2 Å². The Morgan fingerprint density at radius 3 is 2.18 bits per heavy atom. The lowest BCUT2D eigenvalue weighted by atomic mass is 9.97. The molecule has 0 fully saturated rings. The average Bonchev–Trinajstić information content (AvgIpc) is 2.81. The highest BCUT2D eigenvalue weighted by Gasteiger charge is 2.24. The maximum Gasteiger partial charge on any atom is 0.338 e. The number of hydrogen-bond acceptors (Lipinski definition) is 5. The predicted octanol–water partition coefficient (Wildman–Crippen LogP) is 6.01. The van der Waals surface area contributed by atoms with Gasteiger partial charge in [0.25, 0.3) is 0 Å². The Morgan fingerprint density at radius 2 is 1.52 bits per heavy atom. The Morgan fingerprint density at radius 1 is 0.848 bits per heavy atom. The van der Waals surface area contributed by atoms with Gasteiger partial charge in [-0.05, 0) is 75.1 Å². The van der Waals surface area contributed by atoms with E-state index in [1.54, 1.807) is 30.3 Å². The lowest BCUT2D eigenvalue weighted by Gasteiger charge is -2.18. The maximum absolute atomic E-state index is 12.3. The minimum Gasteiger partial charge on any atom is -0.489 e. The first-order valence-electron chi connectivity index (χ1n) is 11.1. The molecule has 3 aromatic rings. The molecule has 3 rings (SSSR count). The summed E-state index contributed by atoms with van der Waals surface area (Å²) >= 11 is 0. The molecule has 5 heteroatoms. The Labute approximate surface area is 195 Å². The van der Waals surface area contributed by atoms with Crippen LogP contribution >= 0.6 is 0 Å². The van der Waals surface area contributed by atoms with Crippen LogP contribution in [-0.2, 0) is 22.6 Å². The topological polar surface area (TPSA) is 61.8 Å². The number of rotatable bonds is 9. The van der Waals surface area contributed by atoms with Crippen molar-refractivity contribution in [3.05, 3.63) is 95.6 Å². The molecule has 0 bridgehead atoms. The second-order valence-corrected chi connectivity index (χ2v) is 8.79. The van der Waals surface area contributed by atoms with Crippen molar-refractivity contribution < 1.29 is 23.8 Å². The Hall–Kier alpha value is -3.60. The molecule has 172 valence electrons. The zero-order valence-corrected chi connectivity index (χ0v) is 19.4. The highest BCUT2D eigenvalue weighted by atomic mass is 16.5. The number of aryl methyl sites for hydroxylation is 1. The number of carbonyl (C=O) groups excluding carboxylic acids is 2. The van der Waals surface area contributed by atoms with E-state index in [-0.39, 0.29) is 18.5 Å². The Bertz CT molecular complexity index is 1050. The second-order valence-electron chi connectivity index (χ2n) is 8.79. The van der Waals surface area contributed by atoms with Crippen LogP contribution in [0.3, 0.4) is 0 Å². The minimum absolute atomic E-state index is 0.276. The molecule has 0 aliphatic heterocycles. The highest BCUT2D eigenvalue weighted by molar-refractivity contribution is 5.89. The minimum atomic E-state index is -0.603. The molecule has 3 aromatic carbocycles. The monoisotopic (exact) mass is 446 g/mol. The van der Waals surface area contributed by atoms with Gasteiger partial charge in [0, 0.05) is 0 Å². The van der Waals surface area contributed by atoms with E-state index in [1.165, 1.54) is 0 Å². The molecule has 0 unspecified atom stereocenters. The first-order valence-corrected chi connectivity index (χ1v) is 11.1. The van der Waals surface area contributed by atoms with Gasteiger partial charge in [-0.3, -0.25) is 4.79 Å². The lowest BCUT2D eigenvalue weighted by Crippen LogP contribution is -2.25. The average molecular weight is 447 g/mol. The first kappa shape index (κ1) is 24.1. The number of ether oxygens (including phenoxy) is 3. The predicted molar refractivity (Wildman–Crippen MR) is 127 cm³/mol. The van der Waals surface area contributed by atoms with Crippen molar-refractivity contribution in [3.8, 4) is 11.5 Å². The van der Waals surface area contributed by atoms with Gasteiger partial charge in [-0.2, -0.15) is 0 Å². The summed E-state index contributed by atoms with van der Waals surface area (Å²) in [5.41, 5.74) is 1.87. The molecule has 0 saturated heterocycles. The van der Waals surface area contributed by atoms with Gasteiger partial charge in [0.15, 0.2) is 0 Å². The Kier molecular flexibility index (Phi) is 8.25. The van der Waals surface area contributed by atoms with E-state index in [0.717, 1.165) is 11.1 Å². The fourth-order valence-electron chi connectivity index (χ4n) is 3.04. The maximum atomic E-state index is 12.3. The van der Waals surface area contributed by atoms with Gasteiger partial charge in [-0.15, -0.1) is 0 Å². The molecule has 0 spiro atoms. The zero-order valence-electron chi connectivity index (χ0n) is 19.4. The third-order valence-electron chi connectivity index (χ3n) is 4.93. The molecule has 0 aliphatic carbocycles. The van der Waals surface area contributed by atoms with Crippen LogP contribution in [0.2, 0.25) is 0 Å². The zero-order chi connectivity index (χ0) is 23.7. The van der Waals surface area contributed by atoms with Crippen molar-refractivity contribution in [1.82, 2.24) is 0 Å². The van der Waals surface area contributed by atoms with Gasteiger partial charge < -0.3 is 14.2 Å². The summed E-state index contributed by atoms with van der Waals surface area (Å²) in [5.74, 6) is 0.536. The van der Waals surface area contributed by atoms with E-state index in [2.05, 4.69) is 0 Å². The van der Waals surface area contributed by atoms with E-state index >= 15 is 0 Å². The van der Waals surface area contributed by atoms with E-state index < -0.39 is 5.41 Å². The van der Waals surface area contributed by atoms with E-state index in [0.29, 0.717) is 36.5 Å². The fraction of sp³-hybridized carbons (Fsp3) is 0.286. The molecule has 33 heavy (non-hydrogen) atoms. The van der Waals surface area contributed by atoms with Gasteiger partial charge >= 0.3 is 11.9 Å². The van der Waals surface area contributed by atoms with Crippen molar-refractivity contribution in [1.29, 1.82) is 0 Å². The van der Waals surface area contributed by atoms with E-state index in [9.17, 15) is 9.59 Å². The fourth-order valence-corrected chi connectivity index (χ4v) is 3.04.